The number of carbonyl (C=O) groups excluding carboxylic acids is 2. The van der Waals surface area contributed by atoms with Crippen LogP contribution in [-0.4, -0.2) is 49.6 Å². The summed E-state index contributed by atoms with van der Waals surface area (Å²) in [5.74, 6) is -0.366. The van der Waals surface area contributed by atoms with Gasteiger partial charge >= 0.3 is 0 Å². The van der Waals surface area contributed by atoms with E-state index < -0.39 is 16.7 Å². The number of furan rings is 1. The van der Waals surface area contributed by atoms with Crippen molar-refractivity contribution in [2.45, 2.75) is 6.54 Å². The number of non-ortho nitro benzene ring substituents is 1. The predicted molar refractivity (Wildman–Crippen MR) is 99.0 cm³/mol. The summed E-state index contributed by atoms with van der Waals surface area (Å²) < 4.78 is 10.4. The fraction of sp³-hybridized carbons (Fsp3) is 0.333. The van der Waals surface area contributed by atoms with Gasteiger partial charge in [0.1, 0.15) is 5.76 Å². The highest BCUT2D eigenvalue weighted by Gasteiger charge is 2.22. The van der Waals surface area contributed by atoms with Crippen molar-refractivity contribution in [3.8, 4) is 0 Å². The fourth-order valence-corrected chi connectivity index (χ4v) is 2.82. The van der Waals surface area contributed by atoms with Crippen molar-refractivity contribution in [1.82, 2.24) is 10.6 Å². The monoisotopic (exact) mass is 388 g/mol. The number of nitro groups is 1. The van der Waals surface area contributed by atoms with E-state index in [0.717, 1.165) is 0 Å². The van der Waals surface area contributed by atoms with Gasteiger partial charge in [-0.05, 0) is 18.2 Å². The quantitative estimate of drug-likeness (QED) is 0.536. The van der Waals surface area contributed by atoms with Crippen LogP contribution in [0.3, 0.4) is 0 Å². The zero-order chi connectivity index (χ0) is 19.9. The summed E-state index contributed by atoms with van der Waals surface area (Å²) in [5.41, 5.74) is 0.529. The van der Waals surface area contributed by atoms with E-state index in [4.69, 9.17) is 9.15 Å². The molecule has 2 N–H and O–H groups in total. The van der Waals surface area contributed by atoms with Crippen molar-refractivity contribution >= 4 is 23.2 Å². The Labute approximate surface area is 160 Å². The lowest BCUT2D eigenvalue weighted by Crippen LogP contribution is -2.39. The SMILES string of the molecule is O=C(CNC(=O)c1cc([N+](=O)[O-])ccc1N1CCOCC1)NCc1ccco1. The molecule has 0 radical (unpaired) electrons. The molecule has 1 aliphatic rings. The summed E-state index contributed by atoms with van der Waals surface area (Å²) in [6, 6.07) is 7.56. The number of benzene rings is 1. The Morgan fingerprint density at radius 3 is 2.64 bits per heavy atom. The van der Waals surface area contributed by atoms with Crippen molar-refractivity contribution in [3.63, 3.8) is 0 Å². The van der Waals surface area contributed by atoms with Gasteiger partial charge in [0.25, 0.3) is 11.6 Å². The number of nitrogens with one attached hydrogen (secondary N) is 2. The standard InChI is InChI=1S/C18H20N4O6/c23-17(19-11-14-2-1-7-28-14)12-20-18(24)15-10-13(22(25)26)3-4-16(15)21-5-8-27-9-6-21/h1-4,7,10H,5-6,8-9,11-12H2,(H,19,23)(H,20,24). The van der Waals surface area contributed by atoms with Crippen LogP contribution < -0.4 is 15.5 Å². The number of amides is 2. The summed E-state index contributed by atoms with van der Waals surface area (Å²) in [5, 5.41) is 16.2. The highest BCUT2D eigenvalue weighted by Crippen LogP contribution is 2.26. The van der Waals surface area contributed by atoms with Crippen LogP contribution in [0, 0.1) is 10.1 Å². The number of nitro benzene ring substituents is 1. The number of hydrogen-bond acceptors (Lipinski definition) is 7. The van der Waals surface area contributed by atoms with Gasteiger partial charge in [0.2, 0.25) is 5.91 Å². The number of morpholine rings is 1. The Morgan fingerprint density at radius 2 is 1.96 bits per heavy atom. The Bertz CT molecular complexity index is 846. The van der Waals surface area contributed by atoms with E-state index in [9.17, 15) is 19.7 Å². The Morgan fingerprint density at radius 1 is 1.18 bits per heavy atom. The molecule has 2 heterocycles. The highest BCUT2D eigenvalue weighted by atomic mass is 16.6. The minimum absolute atomic E-state index is 0.148. The molecule has 1 fully saturated rings. The molecule has 1 aliphatic heterocycles. The van der Waals surface area contributed by atoms with Crippen LogP contribution in [0.25, 0.3) is 0 Å². The summed E-state index contributed by atoms with van der Waals surface area (Å²) in [7, 11) is 0. The van der Waals surface area contributed by atoms with Crippen LogP contribution in [0.1, 0.15) is 16.1 Å². The third-order valence-electron chi connectivity index (χ3n) is 4.24. The van der Waals surface area contributed by atoms with E-state index >= 15 is 0 Å². The van der Waals surface area contributed by atoms with E-state index in [1.807, 2.05) is 4.90 Å². The van der Waals surface area contributed by atoms with Gasteiger partial charge in [-0.25, -0.2) is 0 Å². The zero-order valence-corrected chi connectivity index (χ0v) is 15.1. The van der Waals surface area contributed by atoms with Crippen LogP contribution in [0.15, 0.2) is 41.0 Å². The first kappa shape index (κ1) is 19.4. The second kappa shape index (κ2) is 9.00. The largest absolute Gasteiger partial charge is 0.467 e. The van der Waals surface area contributed by atoms with Crippen molar-refractivity contribution in [2.75, 3.05) is 37.7 Å². The molecular formula is C18H20N4O6. The number of ether oxygens (including phenoxy) is 1. The summed E-state index contributed by atoms with van der Waals surface area (Å²) in [4.78, 5) is 37.0. The molecular weight excluding hydrogens is 368 g/mol. The minimum atomic E-state index is -0.560. The van der Waals surface area contributed by atoms with Gasteiger partial charge in [-0.15, -0.1) is 0 Å². The summed E-state index contributed by atoms with van der Waals surface area (Å²) >= 11 is 0. The Balaban J connectivity index is 1.67. The Hall–Kier alpha value is -3.40. The second-order valence-electron chi connectivity index (χ2n) is 6.10. The number of carbonyl (C=O) groups is 2. The molecule has 0 unspecified atom stereocenters. The number of nitrogens with zero attached hydrogens (tertiary/aromatic N) is 2. The predicted octanol–water partition coefficient (Wildman–Crippen LogP) is 1.07. The van der Waals surface area contributed by atoms with E-state index in [1.54, 1.807) is 18.2 Å². The first-order chi connectivity index (χ1) is 13.5. The fourth-order valence-electron chi connectivity index (χ4n) is 2.82. The smallest absolute Gasteiger partial charge is 0.270 e. The third kappa shape index (κ3) is 4.86. The lowest BCUT2D eigenvalue weighted by Gasteiger charge is -2.30. The van der Waals surface area contributed by atoms with Crippen LogP contribution >= 0.6 is 0 Å². The van der Waals surface area contributed by atoms with Crippen molar-refractivity contribution in [1.29, 1.82) is 0 Å². The van der Waals surface area contributed by atoms with Gasteiger partial charge in [-0.3, -0.25) is 19.7 Å². The number of hydrogen-bond donors (Lipinski definition) is 2. The van der Waals surface area contributed by atoms with Crippen molar-refractivity contribution < 1.29 is 23.7 Å². The van der Waals surface area contributed by atoms with Crippen molar-refractivity contribution in [3.05, 3.63) is 58.0 Å². The maximum Gasteiger partial charge on any atom is 0.270 e. The van der Waals surface area contributed by atoms with Gasteiger partial charge in [-0.1, -0.05) is 0 Å². The molecule has 1 aromatic carbocycles. The van der Waals surface area contributed by atoms with E-state index in [-0.39, 0.29) is 24.3 Å². The molecule has 3 rings (SSSR count). The average molecular weight is 388 g/mol. The molecule has 2 amide bonds. The zero-order valence-electron chi connectivity index (χ0n) is 15.1. The van der Waals surface area contributed by atoms with Crippen LogP contribution in [-0.2, 0) is 16.1 Å². The van der Waals surface area contributed by atoms with E-state index in [1.165, 1.54) is 18.4 Å². The summed E-state index contributed by atoms with van der Waals surface area (Å²) in [6.07, 6.45) is 1.50. The average Bonchev–Trinajstić information content (AvgIpc) is 3.24. The number of anilines is 1. The van der Waals surface area contributed by atoms with E-state index in [2.05, 4.69) is 10.6 Å². The highest BCUT2D eigenvalue weighted by molar-refractivity contribution is 6.02. The molecule has 0 aliphatic carbocycles. The molecule has 0 bridgehead atoms. The lowest BCUT2D eigenvalue weighted by molar-refractivity contribution is -0.384. The Kier molecular flexibility index (Phi) is 6.22. The third-order valence-corrected chi connectivity index (χ3v) is 4.24. The van der Waals surface area contributed by atoms with E-state index in [0.29, 0.717) is 37.8 Å². The molecule has 1 saturated heterocycles. The molecule has 10 heteroatoms. The maximum atomic E-state index is 12.6. The topological polar surface area (TPSA) is 127 Å². The van der Waals surface area contributed by atoms with Crippen LogP contribution in [0.4, 0.5) is 11.4 Å². The van der Waals surface area contributed by atoms with Crippen LogP contribution in [0.5, 0.6) is 0 Å². The normalized spacial score (nSPS) is 13.8. The van der Waals surface area contributed by atoms with Crippen LogP contribution in [0.2, 0.25) is 0 Å². The van der Waals surface area contributed by atoms with Gasteiger partial charge in [0.05, 0.1) is 48.7 Å². The summed E-state index contributed by atoms with van der Waals surface area (Å²) in [6.45, 7) is 2.10. The van der Waals surface area contributed by atoms with Gasteiger partial charge < -0.3 is 24.7 Å². The first-order valence-corrected chi connectivity index (χ1v) is 8.73. The molecule has 10 nitrogen and oxygen atoms in total. The molecule has 148 valence electrons. The minimum Gasteiger partial charge on any atom is -0.467 e. The first-order valence-electron chi connectivity index (χ1n) is 8.73. The molecule has 0 atom stereocenters. The lowest BCUT2D eigenvalue weighted by atomic mass is 10.1. The van der Waals surface area contributed by atoms with Gasteiger partial charge in [0.15, 0.2) is 0 Å². The number of rotatable bonds is 7. The van der Waals surface area contributed by atoms with Crippen molar-refractivity contribution in [2.24, 2.45) is 0 Å². The molecule has 1 aromatic heterocycles. The second-order valence-corrected chi connectivity index (χ2v) is 6.10. The maximum absolute atomic E-state index is 12.6. The molecule has 0 spiro atoms. The molecule has 0 saturated carbocycles. The molecule has 2 aromatic rings. The van der Waals surface area contributed by atoms with Gasteiger partial charge in [0, 0.05) is 25.2 Å². The molecule has 28 heavy (non-hydrogen) atoms. The van der Waals surface area contributed by atoms with Gasteiger partial charge in [-0.2, -0.15) is 0 Å².